The Morgan fingerprint density at radius 2 is 0.957 bits per heavy atom. The van der Waals surface area contributed by atoms with Crippen molar-refractivity contribution in [1.29, 1.82) is 0 Å². The molecule has 0 spiro atoms. The molecule has 29 nitrogen and oxygen atoms in total. The van der Waals surface area contributed by atoms with Crippen molar-refractivity contribution < 1.29 is 60.7 Å². The van der Waals surface area contributed by atoms with Crippen molar-refractivity contribution in [2.45, 2.75) is 187 Å². The Hall–Kier alpha value is -13.3. The van der Waals surface area contributed by atoms with Crippen LogP contribution >= 0.6 is 0 Å². The lowest BCUT2D eigenvalue weighted by molar-refractivity contribution is -0.438. The molecule has 6 aliphatic heterocycles. The summed E-state index contributed by atoms with van der Waals surface area (Å²) in [6.07, 6.45) is 33.0. The number of hydrogen-bond donors (Lipinski definition) is 8. The summed E-state index contributed by atoms with van der Waals surface area (Å²) in [7, 11) is -4.05. The highest BCUT2D eigenvalue weighted by molar-refractivity contribution is 7.85. The SMILES string of the molecule is CC1(C)C(/C=C/C=C/C=C2/N(CCCCCC(=O)NCc3cc(C(=O)NCCNC(=O)CCc4cn(CCCCC5CCN(CC(=O)N6c7ccccc7NC(=O)c7ccccc76)CC5)cn4)cc(C(=O)NCCNC(=O)CCc4cn(CCCCC5CCN(CC(=O)N6c7ccccc7NC(=O)c7ccccc76)CC5)cn4)c3)c3ccccc3C2(C)C)=[N+](CCCCS(=O)(=O)O)c2ccccc21. The second kappa shape index (κ2) is 46.7. The fourth-order valence-corrected chi connectivity index (χ4v) is 20.5. The number of unbranched alkanes of at least 4 members (excludes halogenated alkanes) is 5. The first-order valence-corrected chi connectivity index (χ1v) is 50.6. The van der Waals surface area contributed by atoms with Gasteiger partial charge < -0.3 is 51.3 Å². The van der Waals surface area contributed by atoms with Crippen LogP contribution in [0.3, 0.4) is 0 Å². The van der Waals surface area contributed by atoms with E-state index in [0.717, 1.165) is 157 Å². The van der Waals surface area contributed by atoms with E-state index in [-0.39, 0.29) is 134 Å². The molecule has 2 saturated heterocycles. The maximum absolute atomic E-state index is 14.1. The number of rotatable bonds is 44. The molecule has 138 heavy (non-hydrogen) atoms. The standard InChI is InChI=1S/C108H129N17O12S/c1-107(2)86-33-12-18-39-92(86)122(96(107)43-7-5-8-44-97-108(3,4)87-34-13-19-40-93(87)123(97)61-27-28-66-138(135,136)137)60-24-6-9-45-98(126)113-70-79-67-80(103(131)111-56-54-109-99(127)48-46-82-71-120(75-114-82)58-25-22-29-77-50-62-118(63-51-77)73-101(129)124-90-37-16-10-31-84(90)105(133)116-88-35-14-20-41-94(88)124)69-81(68-79)104(132)112-57-55-110-100(128)49-47-83-72-121(76-115-83)59-26-23-30-78-52-64-119(65-53-78)74-102(130)125-91-38-17-11-32-85(91)106(134)117-89-36-15-21-42-95(89)125/h5,7-8,10-21,31-44,67-69,71-72,75-78H,6,9,22-30,45-66,70,73-74H2,1-4H3,(H7-,109,110,111,112,113,116,117,126,127,128,131,132,133,134,135,136,137)/p+1. The summed E-state index contributed by atoms with van der Waals surface area (Å²) >= 11 is 0. The summed E-state index contributed by atoms with van der Waals surface area (Å²) < 4.78 is 38.9. The van der Waals surface area contributed by atoms with Gasteiger partial charge in [-0.2, -0.15) is 13.0 Å². The first-order valence-electron chi connectivity index (χ1n) is 49.0. The first-order chi connectivity index (χ1) is 66.8. The van der Waals surface area contributed by atoms with Gasteiger partial charge >= 0.3 is 0 Å². The number of carbonyl (C=O) groups excluding carboxylic acids is 9. The number of aryl methyl sites for hydroxylation is 4. The van der Waals surface area contributed by atoms with E-state index >= 15 is 0 Å². The van der Waals surface area contributed by atoms with Crippen molar-refractivity contribution in [2.24, 2.45) is 11.8 Å². The maximum Gasteiger partial charge on any atom is 0.264 e. The molecule has 30 heteroatoms. The average Bonchev–Trinajstić information content (AvgIpc) is 1.68. The number of aromatic nitrogens is 4. The Bertz CT molecular complexity index is 5910. The Kier molecular flexibility index (Phi) is 33.6. The average molecular weight is 1890 g/mol. The smallest absolute Gasteiger partial charge is 0.264 e. The lowest BCUT2D eigenvalue weighted by Crippen LogP contribution is -2.42. The molecular formula is C108H130N17O12S+. The van der Waals surface area contributed by atoms with Crippen LogP contribution in [-0.2, 0) is 77.4 Å². The maximum atomic E-state index is 14.1. The number of likely N-dealkylation sites (tertiary alicyclic amines) is 2. The Balaban J connectivity index is 0.491. The highest BCUT2D eigenvalue weighted by Crippen LogP contribution is 2.49. The van der Waals surface area contributed by atoms with Gasteiger partial charge in [-0.1, -0.05) is 149 Å². The van der Waals surface area contributed by atoms with E-state index in [0.29, 0.717) is 101 Å². The number of hydrogen-bond acceptors (Lipinski definition) is 16. The van der Waals surface area contributed by atoms with Crippen LogP contribution in [0, 0.1) is 11.8 Å². The van der Waals surface area contributed by atoms with Gasteiger partial charge in [-0.3, -0.25) is 67.3 Å². The number of allylic oxidation sites excluding steroid dienone is 6. The number of nitrogens with zero attached hydrogens (tertiary/aromatic N) is 10. The molecule has 2 fully saturated rings. The predicted octanol–water partition coefficient (Wildman–Crippen LogP) is 15.4. The minimum Gasteiger partial charge on any atom is -0.354 e. The molecule has 0 radical (unpaired) electrons. The minimum absolute atomic E-state index is 0.0397. The van der Waals surface area contributed by atoms with Crippen LogP contribution in [0.15, 0.2) is 225 Å². The summed E-state index contributed by atoms with van der Waals surface area (Å²) in [5.41, 5.74) is 13.4. The van der Waals surface area contributed by atoms with Gasteiger partial charge in [0.2, 0.25) is 35.2 Å². The molecule has 0 bridgehead atoms. The van der Waals surface area contributed by atoms with Crippen LogP contribution in [0.25, 0.3) is 0 Å². The molecular weight excluding hydrogens is 1760 g/mol. The van der Waals surface area contributed by atoms with E-state index < -0.39 is 21.9 Å². The highest BCUT2D eigenvalue weighted by atomic mass is 32.2. The molecule has 0 atom stereocenters. The molecule has 7 aromatic carbocycles. The van der Waals surface area contributed by atoms with Gasteiger partial charge in [0.1, 0.15) is 6.54 Å². The molecule has 0 unspecified atom stereocenters. The number of imidazole rings is 2. The fraction of sp³-hybridized carbons (Fsp3) is 0.407. The number of piperidine rings is 2. The van der Waals surface area contributed by atoms with E-state index in [1.54, 1.807) is 46.2 Å². The Morgan fingerprint density at radius 3 is 1.49 bits per heavy atom. The van der Waals surface area contributed by atoms with E-state index in [4.69, 9.17) is 0 Å². The second-order valence-electron chi connectivity index (χ2n) is 38.1. The van der Waals surface area contributed by atoms with Crippen LogP contribution in [0.1, 0.15) is 213 Å². The van der Waals surface area contributed by atoms with E-state index in [1.165, 1.54) is 17.2 Å². The number of carbonyl (C=O) groups is 9. The highest BCUT2D eigenvalue weighted by Gasteiger charge is 2.45. The van der Waals surface area contributed by atoms with Crippen LogP contribution in [-0.4, -0.2) is 190 Å². The van der Waals surface area contributed by atoms with Crippen LogP contribution in [0.5, 0.6) is 0 Å². The summed E-state index contributed by atoms with van der Waals surface area (Å²) in [4.78, 5) is 142. The third-order valence-corrected chi connectivity index (χ3v) is 28.3. The van der Waals surface area contributed by atoms with Crippen molar-refractivity contribution in [3.8, 4) is 0 Å². The number of para-hydroxylation sites is 8. The second-order valence-corrected chi connectivity index (χ2v) is 39.6. The fourth-order valence-electron chi connectivity index (χ4n) is 20.0. The van der Waals surface area contributed by atoms with Gasteiger partial charge in [-0.05, 0) is 212 Å². The van der Waals surface area contributed by atoms with Gasteiger partial charge in [0.05, 0.1) is 93.6 Å². The van der Waals surface area contributed by atoms with Crippen LogP contribution in [0.4, 0.5) is 45.5 Å². The zero-order valence-corrected chi connectivity index (χ0v) is 80.5. The van der Waals surface area contributed by atoms with Gasteiger partial charge in [-0.15, -0.1) is 0 Å². The summed E-state index contributed by atoms with van der Waals surface area (Å²) in [6, 6.07) is 50.8. The number of nitrogens with one attached hydrogen (secondary N) is 7. The normalized spacial score (nSPS) is 16.2. The topological polar surface area (TPSA) is 347 Å². The number of benzene rings is 7. The molecule has 724 valence electrons. The molecule has 0 saturated carbocycles. The molecule has 9 aromatic rings. The lowest BCUT2D eigenvalue weighted by atomic mass is 9.81. The first kappa shape index (κ1) is 99.2. The molecule has 2 aromatic heterocycles. The number of amides is 9. The largest absolute Gasteiger partial charge is 0.354 e. The lowest BCUT2D eigenvalue weighted by Gasteiger charge is -2.33. The van der Waals surface area contributed by atoms with Crippen LogP contribution < -0.4 is 51.9 Å². The van der Waals surface area contributed by atoms with E-state index in [1.807, 2.05) is 116 Å². The molecule has 15 rings (SSSR count). The van der Waals surface area contributed by atoms with E-state index in [2.05, 4.69) is 164 Å². The van der Waals surface area contributed by atoms with Crippen molar-refractivity contribution >= 4 is 114 Å². The molecule has 0 aliphatic carbocycles. The van der Waals surface area contributed by atoms with Gasteiger partial charge in [0, 0.05) is 136 Å². The van der Waals surface area contributed by atoms with Crippen molar-refractivity contribution in [3.05, 3.63) is 275 Å². The Labute approximate surface area is 809 Å². The zero-order valence-electron chi connectivity index (χ0n) is 79.7. The number of fused-ring (bicyclic) bond motifs is 6. The summed E-state index contributed by atoms with van der Waals surface area (Å²) in [5.74, 6) is -1.32. The number of anilines is 7. The molecule has 9 amide bonds. The third kappa shape index (κ3) is 25.7. The van der Waals surface area contributed by atoms with E-state index in [9.17, 15) is 56.1 Å². The third-order valence-electron chi connectivity index (χ3n) is 27.5. The van der Waals surface area contributed by atoms with Gasteiger partial charge in [0.25, 0.3) is 33.7 Å². The van der Waals surface area contributed by atoms with Crippen molar-refractivity contribution in [1.82, 2.24) is 55.5 Å². The summed E-state index contributed by atoms with van der Waals surface area (Å²) in [6.45, 7) is 16.1. The molecule has 6 aliphatic rings. The molecule has 8 heterocycles. The van der Waals surface area contributed by atoms with Gasteiger partial charge in [-0.25, -0.2) is 9.97 Å². The van der Waals surface area contributed by atoms with Crippen molar-refractivity contribution in [3.63, 3.8) is 0 Å². The Morgan fingerprint density at radius 1 is 0.486 bits per heavy atom. The monoisotopic (exact) mass is 1890 g/mol. The summed E-state index contributed by atoms with van der Waals surface area (Å²) in [5, 5.41) is 20.6. The van der Waals surface area contributed by atoms with Crippen LogP contribution in [0.2, 0.25) is 0 Å². The molecule has 8 N–H and O–H groups in total. The minimum atomic E-state index is -4.05. The van der Waals surface area contributed by atoms with Gasteiger partial charge in [0.15, 0.2) is 5.71 Å². The zero-order chi connectivity index (χ0) is 96.7. The van der Waals surface area contributed by atoms with Crippen molar-refractivity contribution in [2.75, 3.05) is 110 Å². The quantitative estimate of drug-likeness (QED) is 0.00761. The predicted molar refractivity (Wildman–Crippen MR) is 539 cm³/mol.